The van der Waals surface area contributed by atoms with Crippen LogP contribution in [0.5, 0.6) is 0 Å². The highest BCUT2D eigenvalue weighted by Gasteiger charge is 2.16. The molecule has 8 heteroatoms. The van der Waals surface area contributed by atoms with Crippen molar-refractivity contribution in [2.24, 2.45) is 0 Å². The van der Waals surface area contributed by atoms with E-state index in [0.29, 0.717) is 12.1 Å². The van der Waals surface area contributed by atoms with E-state index in [1.807, 2.05) is 42.5 Å². The average Bonchev–Trinajstić information content (AvgIpc) is 2.88. The molecule has 34 heavy (non-hydrogen) atoms. The van der Waals surface area contributed by atoms with Gasteiger partial charge in [0.05, 0.1) is 18.1 Å². The number of rotatable bonds is 9. The van der Waals surface area contributed by atoms with E-state index in [0.717, 1.165) is 44.0 Å². The van der Waals surface area contributed by atoms with Crippen molar-refractivity contribution < 1.29 is 17.9 Å². The number of amides is 1. The lowest BCUT2D eigenvalue weighted by molar-refractivity contribution is 0.0342. The Kier molecular flexibility index (Phi) is 8.08. The maximum absolute atomic E-state index is 12.7. The Hall–Kier alpha value is -3.04. The first-order chi connectivity index (χ1) is 16.5. The van der Waals surface area contributed by atoms with Crippen LogP contribution in [0.25, 0.3) is 0 Å². The number of ether oxygens (including phenoxy) is 1. The molecular formula is C26H29N3O4S. The number of hydrogen-bond donors (Lipinski definition) is 2. The Bertz CT molecular complexity index is 1190. The standard InChI is InChI=1S/C26H29N3O4S/c30-26(27-18-22-9-11-23(12-10-22)20-29-13-15-33-16-14-29)24-7-4-8-25(17-24)34(31,32)28-19-21-5-2-1-3-6-21/h1-12,17,28H,13-16,18-20H2,(H,27,30). The first-order valence-electron chi connectivity index (χ1n) is 11.3. The highest BCUT2D eigenvalue weighted by atomic mass is 32.2. The molecule has 1 fully saturated rings. The summed E-state index contributed by atoms with van der Waals surface area (Å²) in [6.07, 6.45) is 0. The van der Waals surface area contributed by atoms with E-state index in [1.54, 1.807) is 12.1 Å². The van der Waals surface area contributed by atoms with Crippen LogP contribution in [0.1, 0.15) is 27.0 Å². The molecule has 0 radical (unpaired) electrons. The van der Waals surface area contributed by atoms with E-state index < -0.39 is 10.0 Å². The van der Waals surface area contributed by atoms with Gasteiger partial charge < -0.3 is 10.1 Å². The van der Waals surface area contributed by atoms with Gasteiger partial charge in [0.15, 0.2) is 0 Å². The Balaban J connectivity index is 1.32. The molecule has 1 aliphatic rings. The minimum Gasteiger partial charge on any atom is -0.379 e. The summed E-state index contributed by atoms with van der Waals surface area (Å²) in [5.74, 6) is -0.322. The van der Waals surface area contributed by atoms with Gasteiger partial charge in [0.1, 0.15) is 0 Å². The Morgan fingerprint density at radius 3 is 2.24 bits per heavy atom. The van der Waals surface area contributed by atoms with Gasteiger partial charge in [-0.25, -0.2) is 13.1 Å². The third kappa shape index (κ3) is 6.74. The Labute approximate surface area is 200 Å². The quantitative estimate of drug-likeness (QED) is 0.493. The molecule has 4 rings (SSSR count). The smallest absolute Gasteiger partial charge is 0.251 e. The van der Waals surface area contributed by atoms with E-state index in [9.17, 15) is 13.2 Å². The molecule has 0 bridgehead atoms. The fraction of sp³-hybridized carbons (Fsp3) is 0.269. The monoisotopic (exact) mass is 479 g/mol. The second-order valence-corrected chi connectivity index (χ2v) is 9.99. The molecule has 2 N–H and O–H groups in total. The molecule has 0 aromatic heterocycles. The fourth-order valence-electron chi connectivity index (χ4n) is 3.73. The maximum Gasteiger partial charge on any atom is 0.251 e. The summed E-state index contributed by atoms with van der Waals surface area (Å²) in [5.41, 5.74) is 3.35. The molecule has 0 unspecified atom stereocenters. The van der Waals surface area contributed by atoms with Crippen molar-refractivity contribution in [2.45, 2.75) is 24.5 Å². The molecular weight excluding hydrogens is 450 g/mol. The number of benzene rings is 3. The SMILES string of the molecule is O=C(NCc1ccc(CN2CCOCC2)cc1)c1cccc(S(=O)(=O)NCc2ccccc2)c1. The van der Waals surface area contributed by atoms with E-state index >= 15 is 0 Å². The zero-order valence-corrected chi connectivity index (χ0v) is 19.8. The van der Waals surface area contributed by atoms with Gasteiger partial charge >= 0.3 is 0 Å². The fourth-order valence-corrected chi connectivity index (χ4v) is 4.79. The summed E-state index contributed by atoms with van der Waals surface area (Å²) >= 11 is 0. The topological polar surface area (TPSA) is 87.7 Å². The first-order valence-corrected chi connectivity index (χ1v) is 12.8. The van der Waals surface area contributed by atoms with Crippen molar-refractivity contribution in [3.05, 3.63) is 101 Å². The molecule has 0 saturated carbocycles. The minimum atomic E-state index is -3.74. The third-order valence-electron chi connectivity index (χ3n) is 5.70. The highest BCUT2D eigenvalue weighted by Crippen LogP contribution is 2.13. The van der Waals surface area contributed by atoms with E-state index in [-0.39, 0.29) is 17.3 Å². The molecule has 3 aromatic carbocycles. The zero-order chi connectivity index (χ0) is 23.8. The lowest BCUT2D eigenvalue weighted by Gasteiger charge is -2.26. The number of nitrogens with one attached hydrogen (secondary N) is 2. The van der Waals surface area contributed by atoms with Crippen molar-refractivity contribution in [3.63, 3.8) is 0 Å². The maximum atomic E-state index is 12.7. The lowest BCUT2D eigenvalue weighted by atomic mass is 10.1. The van der Waals surface area contributed by atoms with Crippen LogP contribution in [-0.2, 0) is 34.4 Å². The molecule has 1 aliphatic heterocycles. The van der Waals surface area contributed by atoms with Crippen LogP contribution < -0.4 is 10.0 Å². The van der Waals surface area contributed by atoms with Crippen molar-refractivity contribution in [2.75, 3.05) is 26.3 Å². The molecule has 0 atom stereocenters. The summed E-state index contributed by atoms with van der Waals surface area (Å²) in [6, 6.07) is 23.5. The van der Waals surface area contributed by atoms with E-state index in [2.05, 4.69) is 27.1 Å². The van der Waals surface area contributed by atoms with Crippen molar-refractivity contribution >= 4 is 15.9 Å². The van der Waals surface area contributed by atoms with Gasteiger partial charge in [-0.2, -0.15) is 0 Å². The average molecular weight is 480 g/mol. The Morgan fingerprint density at radius 1 is 0.824 bits per heavy atom. The van der Waals surface area contributed by atoms with Gasteiger partial charge in [-0.3, -0.25) is 9.69 Å². The minimum absolute atomic E-state index is 0.0588. The summed E-state index contributed by atoms with van der Waals surface area (Å²) < 4.78 is 33.3. The normalized spacial score (nSPS) is 14.6. The van der Waals surface area contributed by atoms with Crippen molar-refractivity contribution in [3.8, 4) is 0 Å². The van der Waals surface area contributed by atoms with Crippen LogP contribution >= 0.6 is 0 Å². The number of sulfonamides is 1. The molecule has 7 nitrogen and oxygen atoms in total. The number of hydrogen-bond acceptors (Lipinski definition) is 5. The number of morpholine rings is 1. The van der Waals surface area contributed by atoms with Gasteiger partial charge in [0.25, 0.3) is 5.91 Å². The van der Waals surface area contributed by atoms with Crippen molar-refractivity contribution in [1.82, 2.24) is 14.9 Å². The summed E-state index contributed by atoms with van der Waals surface area (Å²) in [6.45, 7) is 4.85. The summed E-state index contributed by atoms with van der Waals surface area (Å²) in [5, 5.41) is 2.87. The Morgan fingerprint density at radius 2 is 1.50 bits per heavy atom. The van der Waals surface area contributed by atoms with Crippen LogP contribution in [0.4, 0.5) is 0 Å². The molecule has 1 amide bonds. The highest BCUT2D eigenvalue weighted by molar-refractivity contribution is 7.89. The molecule has 1 saturated heterocycles. The molecule has 0 aliphatic carbocycles. The predicted octanol–water partition coefficient (Wildman–Crippen LogP) is 2.93. The van der Waals surface area contributed by atoms with Gasteiger partial charge in [-0.15, -0.1) is 0 Å². The number of carbonyl (C=O) groups excluding carboxylic acids is 1. The summed E-state index contributed by atoms with van der Waals surface area (Å²) in [4.78, 5) is 15.1. The predicted molar refractivity (Wildman–Crippen MR) is 131 cm³/mol. The van der Waals surface area contributed by atoms with E-state index in [1.165, 1.54) is 17.7 Å². The second kappa shape index (κ2) is 11.4. The van der Waals surface area contributed by atoms with E-state index in [4.69, 9.17) is 4.74 Å². The zero-order valence-electron chi connectivity index (χ0n) is 18.9. The number of nitrogens with zero attached hydrogens (tertiary/aromatic N) is 1. The van der Waals surface area contributed by atoms with Crippen molar-refractivity contribution in [1.29, 1.82) is 0 Å². The molecule has 178 valence electrons. The summed E-state index contributed by atoms with van der Waals surface area (Å²) in [7, 11) is -3.74. The molecule has 1 heterocycles. The van der Waals surface area contributed by atoms with Crippen LogP contribution in [0, 0.1) is 0 Å². The van der Waals surface area contributed by atoms with Crippen LogP contribution in [0.2, 0.25) is 0 Å². The molecule has 0 spiro atoms. The van der Waals surface area contributed by atoms with Crippen LogP contribution in [0.3, 0.4) is 0 Å². The first kappa shape index (κ1) is 24.1. The third-order valence-corrected chi connectivity index (χ3v) is 7.10. The van der Waals surface area contributed by atoms with Gasteiger partial charge in [0.2, 0.25) is 10.0 Å². The van der Waals surface area contributed by atoms with Gasteiger partial charge in [0, 0.05) is 38.3 Å². The molecule has 3 aromatic rings. The van der Waals surface area contributed by atoms with Crippen LogP contribution in [-0.4, -0.2) is 45.5 Å². The number of carbonyl (C=O) groups is 1. The van der Waals surface area contributed by atoms with Gasteiger partial charge in [-0.1, -0.05) is 60.7 Å². The largest absolute Gasteiger partial charge is 0.379 e. The van der Waals surface area contributed by atoms with Gasteiger partial charge in [-0.05, 0) is 34.9 Å². The lowest BCUT2D eigenvalue weighted by Crippen LogP contribution is -2.35. The van der Waals surface area contributed by atoms with Crippen LogP contribution in [0.15, 0.2) is 83.8 Å². The second-order valence-electron chi connectivity index (χ2n) is 8.23.